The van der Waals surface area contributed by atoms with Gasteiger partial charge in [-0.05, 0) is 19.1 Å². The first-order chi connectivity index (χ1) is 8.54. The zero-order valence-corrected chi connectivity index (χ0v) is 9.82. The standard InChI is InChI=1S/C10H11N5O3/c1-6-10(11)12-13-14(6)7-3-4-9(18-2)8(5-7)15(16)17/h3-5H,11H2,1-2H3. The van der Waals surface area contributed by atoms with Crippen LogP contribution in [0.4, 0.5) is 11.5 Å². The van der Waals surface area contributed by atoms with Crippen LogP contribution in [0.25, 0.3) is 5.69 Å². The number of hydrogen-bond acceptors (Lipinski definition) is 6. The van der Waals surface area contributed by atoms with Crippen LogP contribution in [0.1, 0.15) is 5.69 Å². The monoisotopic (exact) mass is 249 g/mol. The number of nitrogens with zero attached hydrogens (tertiary/aromatic N) is 4. The lowest BCUT2D eigenvalue weighted by Crippen LogP contribution is -2.02. The number of methoxy groups -OCH3 is 1. The van der Waals surface area contributed by atoms with Gasteiger partial charge in [0.25, 0.3) is 0 Å². The van der Waals surface area contributed by atoms with Crippen LogP contribution in [0.15, 0.2) is 18.2 Å². The highest BCUT2D eigenvalue weighted by molar-refractivity contribution is 5.54. The third-order valence-electron chi connectivity index (χ3n) is 2.53. The Morgan fingerprint density at radius 1 is 1.50 bits per heavy atom. The van der Waals surface area contributed by atoms with Crippen molar-refractivity contribution in [1.82, 2.24) is 15.0 Å². The normalized spacial score (nSPS) is 10.3. The van der Waals surface area contributed by atoms with E-state index >= 15 is 0 Å². The van der Waals surface area contributed by atoms with E-state index in [9.17, 15) is 10.1 Å². The lowest BCUT2D eigenvalue weighted by Gasteiger charge is -2.05. The number of nitrogens with two attached hydrogens (primary N) is 1. The van der Waals surface area contributed by atoms with Crippen molar-refractivity contribution >= 4 is 11.5 Å². The second-order valence-corrected chi connectivity index (χ2v) is 3.59. The molecule has 8 heteroatoms. The van der Waals surface area contributed by atoms with E-state index in [0.717, 1.165) is 0 Å². The Hall–Kier alpha value is -2.64. The van der Waals surface area contributed by atoms with Crippen molar-refractivity contribution < 1.29 is 9.66 Å². The quantitative estimate of drug-likeness (QED) is 0.643. The Morgan fingerprint density at radius 3 is 2.72 bits per heavy atom. The average molecular weight is 249 g/mol. The first-order valence-electron chi connectivity index (χ1n) is 5.05. The van der Waals surface area contributed by atoms with Crippen molar-refractivity contribution in [3.63, 3.8) is 0 Å². The molecule has 0 atom stereocenters. The van der Waals surface area contributed by atoms with Gasteiger partial charge >= 0.3 is 5.69 Å². The minimum absolute atomic E-state index is 0.136. The number of rotatable bonds is 3. The third kappa shape index (κ3) is 1.83. The summed E-state index contributed by atoms with van der Waals surface area (Å²) in [6.07, 6.45) is 0. The highest BCUT2D eigenvalue weighted by Crippen LogP contribution is 2.29. The predicted molar refractivity (Wildman–Crippen MR) is 63.7 cm³/mol. The van der Waals surface area contributed by atoms with Gasteiger partial charge < -0.3 is 10.5 Å². The predicted octanol–water partition coefficient (Wildman–Crippen LogP) is 1.07. The van der Waals surface area contributed by atoms with Crippen LogP contribution in [0.3, 0.4) is 0 Å². The fraction of sp³-hybridized carbons (Fsp3) is 0.200. The number of nitrogen functional groups attached to an aromatic ring is 1. The highest BCUT2D eigenvalue weighted by Gasteiger charge is 2.17. The number of ether oxygens (including phenoxy) is 1. The summed E-state index contributed by atoms with van der Waals surface area (Å²) < 4.78 is 6.35. The number of hydrogen-bond donors (Lipinski definition) is 1. The van der Waals surface area contributed by atoms with Crippen molar-refractivity contribution in [1.29, 1.82) is 0 Å². The Labute approximate surface area is 102 Å². The molecule has 0 spiro atoms. The van der Waals surface area contributed by atoms with Crippen LogP contribution in [-0.2, 0) is 0 Å². The molecule has 0 aliphatic heterocycles. The number of benzene rings is 1. The molecule has 2 N–H and O–H groups in total. The molecule has 0 unspecified atom stereocenters. The molecule has 0 fully saturated rings. The van der Waals surface area contributed by atoms with Gasteiger partial charge in [-0.1, -0.05) is 5.21 Å². The van der Waals surface area contributed by atoms with Crippen LogP contribution in [0, 0.1) is 17.0 Å². The molecule has 1 aromatic heterocycles. The lowest BCUT2D eigenvalue weighted by molar-refractivity contribution is -0.385. The molecule has 0 bridgehead atoms. The van der Waals surface area contributed by atoms with Crippen molar-refractivity contribution in [2.75, 3.05) is 12.8 Å². The van der Waals surface area contributed by atoms with E-state index in [4.69, 9.17) is 10.5 Å². The molecule has 0 radical (unpaired) electrons. The summed E-state index contributed by atoms with van der Waals surface area (Å²) in [5.41, 5.74) is 6.57. The Morgan fingerprint density at radius 2 is 2.22 bits per heavy atom. The van der Waals surface area contributed by atoms with Crippen LogP contribution in [0.2, 0.25) is 0 Å². The molecular formula is C10H11N5O3. The summed E-state index contributed by atoms with van der Waals surface area (Å²) in [6, 6.07) is 4.51. The summed E-state index contributed by atoms with van der Waals surface area (Å²) in [4.78, 5) is 10.4. The molecular weight excluding hydrogens is 238 g/mol. The van der Waals surface area contributed by atoms with Crippen molar-refractivity contribution in [3.05, 3.63) is 34.0 Å². The molecule has 2 rings (SSSR count). The lowest BCUT2D eigenvalue weighted by atomic mass is 10.2. The van der Waals surface area contributed by atoms with Gasteiger partial charge in [0.05, 0.1) is 23.4 Å². The summed E-state index contributed by atoms with van der Waals surface area (Å²) >= 11 is 0. The molecule has 0 aliphatic rings. The fourth-order valence-electron chi connectivity index (χ4n) is 1.54. The van der Waals surface area contributed by atoms with E-state index in [2.05, 4.69) is 10.3 Å². The molecule has 18 heavy (non-hydrogen) atoms. The number of aromatic nitrogens is 3. The number of nitro benzene ring substituents is 1. The maximum atomic E-state index is 10.9. The zero-order chi connectivity index (χ0) is 13.3. The van der Waals surface area contributed by atoms with Crippen molar-refractivity contribution in [2.45, 2.75) is 6.92 Å². The van der Waals surface area contributed by atoms with Gasteiger partial charge in [0, 0.05) is 6.07 Å². The molecule has 1 heterocycles. The van der Waals surface area contributed by atoms with E-state index in [1.54, 1.807) is 13.0 Å². The average Bonchev–Trinajstić information content (AvgIpc) is 2.69. The van der Waals surface area contributed by atoms with Gasteiger partial charge in [-0.3, -0.25) is 10.1 Å². The second-order valence-electron chi connectivity index (χ2n) is 3.59. The van der Waals surface area contributed by atoms with Crippen LogP contribution in [-0.4, -0.2) is 27.0 Å². The van der Waals surface area contributed by atoms with Gasteiger partial charge in [-0.2, -0.15) is 0 Å². The largest absolute Gasteiger partial charge is 0.490 e. The first-order valence-corrected chi connectivity index (χ1v) is 5.05. The number of anilines is 1. The highest BCUT2D eigenvalue weighted by atomic mass is 16.6. The minimum Gasteiger partial charge on any atom is -0.490 e. The van der Waals surface area contributed by atoms with E-state index in [-0.39, 0.29) is 17.3 Å². The summed E-state index contributed by atoms with van der Waals surface area (Å²) in [6.45, 7) is 1.73. The van der Waals surface area contributed by atoms with Crippen LogP contribution < -0.4 is 10.5 Å². The smallest absolute Gasteiger partial charge is 0.313 e. The van der Waals surface area contributed by atoms with Crippen LogP contribution in [0.5, 0.6) is 5.75 Å². The summed E-state index contributed by atoms with van der Waals surface area (Å²) in [5.74, 6) is 0.475. The molecule has 1 aromatic carbocycles. The zero-order valence-electron chi connectivity index (χ0n) is 9.82. The van der Waals surface area contributed by atoms with E-state index in [0.29, 0.717) is 11.4 Å². The maximum Gasteiger partial charge on any atom is 0.313 e. The van der Waals surface area contributed by atoms with Gasteiger partial charge in [0.15, 0.2) is 11.6 Å². The molecule has 94 valence electrons. The van der Waals surface area contributed by atoms with Gasteiger partial charge in [0.1, 0.15) is 0 Å². The van der Waals surface area contributed by atoms with E-state index in [1.807, 2.05) is 0 Å². The molecule has 0 amide bonds. The Kier molecular flexibility index (Phi) is 2.84. The van der Waals surface area contributed by atoms with Gasteiger partial charge in [-0.25, -0.2) is 4.68 Å². The molecule has 0 saturated heterocycles. The molecule has 0 aliphatic carbocycles. The summed E-state index contributed by atoms with van der Waals surface area (Å²) in [7, 11) is 1.38. The topological polar surface area (TPSA) is 109 Å². The third-order valence-corrected chi connectivity index (χ3v) is 2.53. The molecule has 2 aromatic rings. The molecule has 8 nitrogen and oxygen atoms in total. The van der Waals surface area contributed by atoms with Crippen molar-refractivity contribution in [2.24, 2.45) is 0 Å². The van der Waals surface area contributed by atoms with E-state index < -0.39 is 4.92 Å². The first kappa shape index (κ1) is 11.8. The maximum absolute atomic E-state index is 10.9. The molecule has 0 saturated carbocycles. The minimum atomic E-state index is -0.516. The van der Waals surface area contributed by atoms with Crippen molar-refractivity contribution in [3.8, 4) is 11.4 Å². The SMILES string of the molecule is COc1ccc(-n2nnc(N)c2C)cc1[N+](=O)[O-]. The Balaban J connectivity index is 2.57. The van der Waals surface area contributed by atoms with Gasteiger partial charge in [0.2, 0.25) is 0 Å². The number of nitro groups is 1. The van der Waals surface area contributed by atoms with Crippen LogP contribution >= 0.6 is 0 Å². The second kappa shape index (κ2) is 4.32. The van der Waals surface area contributed by atoms with Gasteiger partial charge in [-0.15, -0.1) is 5.10 Å². The van der Waals surface area contributed by atoms with E-state index in [1.165, 1.54) is 23.9 Å². The Bertz CT molecular complexity index is 608. The summed E-state index contributed by atoms with van der Waals surface area (Å²) in [5, 5.41) is 18.4. The fourth-order valence-corrected chi connectivity index (χ4v) is 1.54.